The molecule has 1 aliphatic heterocycles. The molecule has 1 aromatic carbocycles. The molecule has 2 fully saturated rings. The third-order valence-electron chi connectivity index (χ3n) is 5.88. The highest BCUT2D eigenvalue weighted by Crippen LogP contribution is 2.43. The Labute approximate surface area is 167 Å². The highest BCUT2D eigenvalue weighted by atomic mass is 16.6. The smallest absolute Gasteiger partial charge is 0.410 e. The van der Waals surface area contributed by atoms with Crippen molar-refractivity contribution in [2.75, 3.05) is 13.1 Å². The van der Waals surface area contributed by atoms with Gasteiger partial charge < -0.3 is 20.1 Å². The van der Waals surface area contributed by atoms with Crippen molar-refractivity contribution in [3.05, 3.63) is 35.9 Å². The van der Waals surface area contributed by atoms with E-state index in [2.05, 4.69) is 37.4 Å². The number of fused-ring (bicyclic) bond motifs is 2. The molecule has 0 radical (unpaired) electrons. The van der Waals surface area contributed by atoms with Gasteiger partial charge in [0.25, 0.3) is 0 Å². The van der Waals surface area contributed by atoms with Crippen molar-refractivity contribution in [1.29, 1.82) is 5.26 Å². The molecule has 3 rings (SSSR count). The molecule has 6 nitrogen and oxygen atoms in total. The highest BCUT2D eigenvalue weighted by molar-refractivity contribution is 5.68. The number of hydrogen-bond acceptors (Lipinski definition) is 5. The Morgan fingerprint density at radius 1 is 1.18 bits per heavy atom. The molecule has 2 N–H and O–H groups in total. The van der Waals surface area contributed by atoms with Gasteiger partial charge in [-0.05, 0) is 40.2 Å². The predicted octanol–water partition coefficient (Wildman–Crippen LogP) is 2.88. The van der Waals surface area contributed by atoms with Gasteiger partial charge in [-0.3, -0.25) is 0 Å². The number of rotatable bonds is 3. The van der Waals surface area contributed by atoms with E-state index in [0.29, 0.717) is 13.1 Å². The molecule has 2 aliphatic rings. The van der Waals surface area contributed by atoms with Gasteiger partial charge in [0.15, 0.2) is 0 Å². The minimum absolute atomic E-state index is 0.0476. The second-order valence-electron chi connectivity index (χ2n) is 9.52. The molecule has 152 valence electrons. The van der Waals surface area contributed by atoms with E-state index in [-0.39, 0.29) is 29.5 Å². The van der Waals surface area contributed by atoms with Crippen molar-refractivity contribution in [2.24, 2.45) is 17.8 Å². The fourth-order valence-electron chi connectivity index (χ4n) is 4.52. The zero-order valence-electron chi connectivity index (χ0n) is 17.3. The van der Waals surface area contributed by atoms with Crippen LogP contribution in [0.15, 0.2) is 30.3 Å². The Balaban J connectivity index is 1.81. The van der Waals surface area contributed by atoms with Gasteiger partial charge in [-0.15, -0.1) is 0 Å². The summed E-state index contributed by atoms with van der Waals surface area (Å²) in [6.45, 7) is 10.5. The first-order valence-corrected chi connectivity index (χ1v) is 9.92. The van der Waals surface area contributed by atoms with Crippen molar-refractivity contribution >= 4 is 6.09 Å². The van der Waals surface area contributed by atoms with Crippen LogP contribution in [0.25, 0.3) is 0 Å². The molecule has 1 saturated heterocycles. The number of amides is 1. The molecule has 0 aromatic heterocycles. The van der Waals surface area contributed by atoms with Crippen LogP contribution >= 0.6 is 0 Å². The molecule has 0 spiro atoms. The molecule has 1 aliphatic carbocycles. The first kappa shape index (κ1) is 20.6. The Morgan fingerprint density at radius 2 is 1.79 bits per heavy atom. The number of benzene rings is 1. The number of aliphatic hydroxyl groups is 1. The number of carbonyl (C=O) groups is 1. The number of nitrogens with zero attached hydrogens (tertiary/aromatic N) is 2. The maximum absolute atomic E-state index is 12.6. The lowest BCUT2D eigenvalue weighted by Crippen LogP contribution is -2.58. The molecule has 1 amide bonds. The molecule has 5 atom stereocenters. The minimum atomic E-state index is -0.758. The third-order valence-corrected chi connectivity index (χ3v) is 5.88. The van der Waals surface area contributed by atoms with Crippen LogP contribution in [0.4, 0.5) is 4.79 Å². The van der Waals surface area contributed by atoms with Crippen molar-refractivity contribution in [3.63, 3.8) is 0 Å². The number of ether oxygens (including phenoxy) is 1. The van der Waals surface area contributed by atoms with Gasteiger partial charge in [0, 0.05) is 36.5 Å². The first-order valence-electron chi connectivity index (χ1n) is 9.92. The predicted molar refractivity (Wildman–Crippen MR) is 106 cm³/mol. The van der Waals surface area contributed by atoms with Crippen LogP contribution in [0.5, 0.6) is 0 Å². The van der Waals surface area contributed by atoms with E-state index in [9.17, 15) is 15.2 Å². The van der Waals surface area contributed by atoms with Crippen LogP contribution in [-0.4, -0.2) is 46.9 Å². The van der Waals surface area contributed by atoms with Gasteiger partial charge in [-0.25, -0.2) is 4.79 Å². The molecule has 5 unspecified atom stereocenters. The number of nitriles is 1. The lowest BCUT2D eigenvalue weighted by molar-refractivity contribution is 0.00490. The van der Waals surface area contributed by atoms with Gasteiger partial charge in [-0.1, -0.05) is 30.3 Å². The van der Waals surface area contributed by atoms with Gasteiger partial charge in [-0.2, -0.15) is 5.26 Å². The molecular weight excluding hydrogens is 354 g/mol. The maximum Gasteiger partial charge on any atom is 0.410 e. The topological polar surface area (TPSA) is 85.6 Å². The Hall–Kier alpha value is -2.10. The summed E-state index contributed by atoms with van der Waals surface area (Å²) in [7, 11) is 0. The van der Waals surface area contributed by atoms with Gasteiger partial charge >= 0.3 is 6.09 Å². The van der Waals surface area contributed by atoms with Crippen molar-refractivity contribution in [3.8, 4) is 6.07 Å². The summed E-state index contributed by atoms with van der Waals surface area (Å²) in [6, 6.07) is 12.4. The molecule has 28 heavy (non-hydrogen) atoms. The number of nitrogens with one attached hydrogen (secondary N) is 1. The van der Waals surface area contributed by atoms with Gasteiger partial charge in [0.2, 0.25) is 0 Å². The van der Waals surface area contributed by atoms with Gasteiger partial charge in [0.05, 0.1) is 18.1 Å². The van der Waals surface area contributed by atoms with Crippen LogP contribution in [0, 0.1) is 29.1 Å². The highest BCUT2D eigenvalue weighted by Gasteiger charge is 2.56. The average Bonchev–Trinajstić information content (AvgIpc) is 2.75. The first-order chi connectivity index (χ1) is 13.0. The summed E-state index contributed by atoms with van der Waals surface area (Å²) >= 11 is 0. The van der Waals surface area contributed by atoms with E-state index in [0.717, 1.165) is 5.56 Å². The second-order valence-corrected chi connectivity index (χ2v) is 9.52. The number of carbonyl (C=O) groups excluding carboxylic acids is 1. The SMILES string of the molecule is CC(C)(C)OC(=O)N1CC2C(O)C(C#N)C(C1)C2NC(C)(C)c1ccccc1. The standard InChI is InChI=1S/C22H31N3O3/c1-21(2,3)28-20(27)25-12-16-15(11-23)19(26)17(13-25)18(16)24-22(4,5)14-9-7-6-8-10-14/h6-10,15-19,24,26H,12-13H2,1-5H3. The maximum atomic E-state index is 12.6. The van der Waals surface area contributed by atoms with E-state index in [1.165, 1.54) is 0 Å². The minimum Gasteiger partial charge on any atom is -0.444 e. The Kier molecular flexibility index (Phi) is 5.44. The molecule has 1 aromatic rings. The quantitative estimate of drug-likeness (QED) is 0.836. The van der Waals surface area contributed by atoms with E-state index in [1.54, 1.807) is 4.90 Å². The summed E-state index contributed by atoms with van der Waals surface area (Å²) in [6.07, 6.45) is -1.14. The normalized spacial score (nSPS) is 30.0. The number of aliphatic hydroxyl groups excluding tert-OH is 1. The second kappa shape index (κ2) is 7.38. The van der Waals surface area contributed by atoms with Crippen LogP contribution in [-0.2, 0) is 10.3 Å². The fraction of sp³-hybridized carbons (Fsp3) is 0.636. The summed E-state index contributed by atoms with van der Waals surface area (Å²) in [4.78, 5) is 14.2. The number of likely N-dealkylation sites (tertiary alicyclic amines) is 1. The molecule has 1 saturated carbocycles. The fourth-order valence-corrected chi connectivity index (χ4v) is 4.52. The monoisotopic (exact) mass is 385 g/mol. The Morgan fingerprint density at radius 3 is 2.36 bits per heavy atom. The van der Waals surface area contributed by atoms with Crippen molar-refractivity contribution < 1.29 is 14.6 Å². The van der Waals surface area contributed by atoms with Crippen LogP contribution < -0.4 is 5.32 Å². The molecule has 6 heteroatoms. The lowest BCUT2D eigenvalue weighted by Gasteiger charge is -2.42. The van der Waals surface area contributed by atoms with Crippen molar-refractivity contribution in [2.45, 2.75) is 57.9 Å². The molecule has 2 bridgehead atoms. The molecular formula is C22H31N3O3. The number of piperidine rings is 1. The lowest BCUT2D eigenvalue weighted by atomic mass is 9.85. The zero-order chi connectivity index (χ0) is 20.7. The van der Waals surface area contributed by atoms with E-state index >= 15 is 0 Å². The van der Waals surface area contributed by atoms with Crippen LogP contribution in [0.3, 0.4) is 0 Å². The largest absolute Gasteiger partial charge is 0.444 e. The van der Waals surface area contributed by atoms with Crippen molar-refractivity contribution in [1.82, 2.24) is 10.2 Å². The van der Waals surface area contributed by atoms with E-state index < -0.39 is 17.6 Å². The zero-order valence-corrected chi connectivity index (χ0v) is 17.3. The van der Waals surface area contributed by atoms with Crippen LogP contribution in [0.1, 0.15) is 40.2 Å². The Bertz CT molecular complexity index is 751. The van der Waals surface area contributed by atoms with Gasteiger partial charge in [0.1, 0.15) is 5.60 Å². The summed E-state index contributed by atoms with van der Waals surface area (Å²) < 4.78 is 5.51. The van der Waals surface area contributed by atoms with Crippen LogP contribution in [0.2, 0.25) is 0 Å². The summed E-state index contributed by atoms with van der Waals surface area (Å²) in [5.74, 6) is -0.852. The molecule has 1 heterocycles. The van der Waals surface area contributed by atoms with E-state index in [4.69, 9.17) is 4.74 Å². The third kappa shape index (κ3) is 4.01. The average molecular weight is 386 g/mol. The van der Waals surface area contributed by atoms with E-state index in [1.807, 2.05) is 39.0 Å². The number of hydrogen-bond donors (Lipinski definition) is 2. The summed E-state index contributed by atoms with van der Waals surface area (Å²) in [5.41, 5.74) is 0.251. The summed E-state index contributed by atoms with van der Waals surface area (Å²) in [5, 5.41) is 24.1.